The fourth-order valence-electron chi connectivity index (χ4n) is 1.81. The molecule has 3 N–H and O–H groups in total. The molecule has 1 unspecified atom stereocenters. The molecule has 0 amide bonds. The minimum atomic E-state index is -4.11. The summed E-state index contributed by atoms with van der Waals surface area (Å²) < 4.78 is 36.6. The smallest absolute Gasteiger partial charge is 0.384 e. The predicted molar refractivity (Wildman–Crippen MR) is 65.1 cm³/mol. The molecule has 0 spiro atoms. The fraction of sp³-hybridized carbons (Fsp3) is 0.583. The number of alkyl halides is 3. The van der Waals surface area contributed by atoms with Crippen LogP contribution in [0.1, 0.15) is 25.3 Å². The fourth-order valence-corrected chi connectivity index (χ4v) is 1.81. The zero-order valence-corrected chi connectivity index (χ0v) is 10.3. The molecule has 0 saturated heterocycles. The van der Waals surface area contributed by atoms with Crippen LogP contribution in [0, 0.1) is 0 Å². The number of nitrogens with one attached hydrogen (secondary N) is 1. The quantitative estimate of drug-likeness (QED) is 0.827. The highest BCUT2D eigenvalue weighted by molar-refractivity contribution is 5.32. The lowest BCUT2D eigenvalue weighted by atomic mass is 10.0. The van der Waals surface area contributed by atoms with Gasteiger partial charge >= 0.3 is 6.18 Å². The second-order valence-corrected chi connectivity index (χ2v) is 4.20. The molecular weight excluding hydrogens is 243 g/mol. The Kier molecular flexibility index (Phi) is 5.40. The van der Waals surface area contributed by atoms with Crippen LogP contribution in [0.5, 0.6) is 0 Å². The normalized spacial score (nSPS) is 13.6. The molecule has 0 aliphatic rings. The van der Waals surface area contributed by atoms with Crippen molar-refractivity contribution in [3.8, 4) is 0 Å². The summed E-state index contributed by atoms with van der Waals surface area (Å²) in [6.07, 6.45) is -2.72. The number of aromatic nitrogens is 1. The van der Waals surface area contributed by atoms with Crippen LogP contribution in [0.3, 0.4) is 0 Å². The molecule has 3 nitrogen and oxygen atoms in total. The Morgan fingerprint density at radius 2 is 2.17 bits per heavy atom. The van der Waals surface area contributed by atoms with E-state index in [1.807, 2.05) is 6.92 Å². The molecule has 6 heteroatoms. The standard InChI is InChI=1S/C12H18F3N3/c1-2-17-10(3-5-12(13,14)15)7-9-4-6-18-11(16)8-9/h4,6,8,10,17H,2-3,5,7H2,1H3,(H2,16,18). The Morgan fingerprint density at radius 1 is 1.44 bits per heavy atom. The Morgan fingerprint density at radius 3 is 2.72 bits per heavy atom. The van der Waals surface area contributed by atoms with E-state index in [0.717, 1.165) is 5.56 Å². The van der Waals surface area contributed by atoms with Crippen LogP contribution in [0.25, 0.3) is 0 Å². The van der Waals surface area contributed by atoms with Crippen LogP contribution in [0.4, 0.5) is 19.0 Å². The Bertz CT molecular complexity index is 366. The topological polar surface area (TPSA) is 50.9 Å². The molecule has 102 valence electrons. The van der Waals surface area contributed by atoms with Crippen molar-refractivity contribution in [3.05, 3.63) is 23.9 Å². The zero-order valence-electron chi connectivity index (χ0n) is 10.3. The average molecular weight is 261 g/mol. The van der Waals surface area contributed by atoms with Gasteiger partial charge in [-0.2, -0.15) is 13.2 Å². The van der Waals surface area contributed by atoms with E-state index in [1.165, 1.54) is 0 Å². The Labute approximate surface area is 105 Å². The number of halogens is 3. The number of pyridine rings is 1. The summed E-state index contributed by atoms with van der Waals surface area (Å²) in [5.74, 6) is 0.388. The first-order chi connectivity index (χ1) is 8.40. The number of hydrogen-bond acceptors (Lipinski definition) is 3. The van der Waals surface area contributed by atoms with Crippen LogP contribution in [0.2, 0.25) is 0 Å². The minimum Gasteiger partial charge on any atom is -0.384 e. The van der Waals surface area contributed by atoms with Gasteiger partial charge in [0.05, 0.1) is 0 Å². The molecule has 0 radical (unpaired) electrons. The SMILES string of the molecule is CCNC(CCC(F)(F)F)Cc1ccnc(N)c1. The highest BCUT2D eigenvalue weighted by Crippen LogP contribution is 2.23. The van der Waals surface area contributed by atoms with Crippen LogP contribution in [-0.4, -0.2) is 23.7 Å². The highest BCUT2D eigenvalue weighted by atomic mass is 19.4. The van der Waals surface area contributed by atoms with E-state index in [1.54, 1.807) is 18.3 Å². The zero-order chi connectivity index (χ0) is 13.6. The third kappa shape index (κ3) is 5.86. The van der Waals surface area contributed by atoms with Crippen molar-refractivity contribution < 1.29 is 13.2 Å². The van der Waals surface area contributed by atoms with E-state index >= 15 is 0 Å². The molecule has 1 aromatic heterocycles. The summed E-state index contributed by atoms with van der Waals surface area (Å²) in [7, 11) is 0. The minimum absolute atomic E-state index is 0.0690. The number of hydrogen-bond donors (Lipinski definition) is 2. The molecule has 1 heterocycles. The summed E-state index contributed by atoms with van der Waals surface area (Å²) >= 11 is 0. The molecule has 0 saturated carbocycles. The number of nitrogens with zero attached hydrogens (tertiary/aromatic N) is 1. The molecule has 1 aromatic rings. The molecule has 0 bridgehead atoms. The van der Waals surface area contributed by atoms with Gasteiger partial charge in [-0.25, -0.2) is 4.98 Å². The third-order valence-corrected chi connectivity index (χ3v) is 2.60. The van der Waals surface area contributed by atoms with Gasteiger partial charge in [-0.05, 0) is 37.1 Å². The van der Waals surface area contributed by atoms with Gasteiger partial charge in [0.25, 0.3) is 0 Å². The number of likely N-dealkylation sites (N-methyl/N-ethyl adjacent to an activating group) is 1. The van der Waals surface area contributed by atoms with Gasteiger partial charge in [-0.3, -0.25) is 0 Å². The van der Waals surface area contributed by atoms with E-state index < -0.39 is 12.6 Å². The van der Waals surface area contributed by atoms with E-state index in [9.17, 15) is 13.2 Å². The maximum Gasteiger partial charge on any atom is 0.389 e. The summed E-state index contributed by atoms with van der Waals surface area (Å²) in [5.41, 5.74) is 6.44. The van der Waals surface area contributed by atoms with Crippen molar-refractivity contribution in [2.24, 2.45) is 0 Å². The second kappa shape index (κ2) is 6.58. The van der Waals surface area contributed by atoms with Gasteiger partial charge in [0, 0.05) is 18.7 Å². The number of nitrogen functional groups attached to an aromatic ring is 1. The molecule has 0 aliphatic carbocycles. The average Bonchev–Trinajstić information content (AvgIpc) is 2.25. The van der Waals surface area contributed by atoms with Gasteiger partial charge in [-0.1, -0.05) is 6.92 Å². The number of rotatable bonds is 6. The molecular formula is C12H18F3N3. The number of nitrogens with two attached hydrogens (primary N) is 1. The van der Waals surface area contributed by atoms with Crippen molar-refractivity contribution in [1.82, 2.24) is 10.3 Å². The van der Waals surface area contributed by atoms with Crippen molar-refractivity contribution in [2.75, 3.05) is 12.3 Å². The van der Waals surface area contributed by atoms with Crippen LogP contribution in [0.15, 0.2) is 18.3 Å². The first kappa shape index (κ1) is 14.8. The highest BCUT2D eigenvalue weighted by Gasteiger charge is 2.28. The van der Waals surface area contributed by atoms with E-state index in [-0.39, 0.29) is 12.5 Å². The molecule has 0 aromatic carbocycles. The molecule has 0 aliphatic heterocycles. The second-order valence-electron chi connectivity index (χ2n) is 4.20. The summed E-state index contributed by atoms with van der Waals surface area (Å²) in [4.78, 5) is 3.86. The van der Waals surface area contributed by atoms with E-state index in [2.05, 4.69) is 10.3 Å². The lowest BCUT2D eigenvalue weighted by Crippen LogP contribution is -2.32. The lowest BCUT2D eigenvalue weighted by molar-refractivity contribution is -0.136. The Hall–Kier alpha value is -1.30. The summed E-state index contributed by atoms with van der Waals surface area (Å²) in [5, 5.41) is 3.06. The van der Waals surface area contributed by atoms with Crippen molar-refractivity contribution >= 4 is 5.82 Å². The summed E-state index contributed by atoms with van der Waals surface area (Å²) in [6, 6.07) is 3.27. The van der Waals surface area contributed by atoms with Crippen molar-refractivity contribution in [3.63, 3.8) is 0 Å². The van der Waals surface area contributed by atoms with Gasteiger partial charge in [0.15, 0.2) is 0 Å². The lowest BCUT2D eigenvalue weighted by Gasteiger charge is -2.19. The van der Waals surface area contributed by atoms with E-state index in [4.69, 9.17) is 5.73 Å². The first-order valence-corrected chi connectivity index (χ1v) is 5.91. The van der Waals surface area contributed by atoms with Gasteiger partial charge < -0.3 is 11.1 Å². The van der Waals surface area contributed by atoms with Gasteiger partial charge in [0.2, 0.25) is 0 Å². The van der Waals surface area contributed by atoms with Crippen LogP contribution in [-0.2, 0) is 6.42 Å². The third-order valence-electron chi connectivity index (χ3n) is 2.60. The largest absolute Gasteiger partial charge is 0.389 e. The number of anilines is 1. The Balaban J connectivity index is 2.57. The van der Waals surface area contributed by atoms with Crippen molar-refractivity contribution in [1.29, 1.82) is 0 Å². The van der Waals surface area contributed by atoms with Gasteiger partial charge in [0.1, 0.15) is 5.82 Å². The molecule has 18 heavy (non-hydrogen) atoms. The molecule has 1 atom stereocenters. The van der Waals surface area contributed by atoms with Crippen LogP contribution >= 0.6 is 0 Å². The summed E-state index contributed by atoms with van der Waals surface area (Å²) in [6.45, 7) is 2.52. The van der Waals surface area contributed by atoms with E-state index in [0.29, 0.717) is 18.8 Å². The maximum absolute atomic E-state index is 12.2. The van der Waals surface area contributed by atoms with Gasteiger partial charge in [-0.15, -0.1) is 0 Å². The first-order valence-electron chi connectivity index (χ1n) is 5.91. The monoisotopic (exact) mass is 261 g/mol. The van der Waals surface area contributed by atoms with Crippen LogP contribution < -0.4 is 11.1 Å². The maximum atomic E-state index is 12.2. The molecule has 1 rings (SSSR count). The predicted octanol–water partition coefficient (Wildman–Crippen LogP) is 2.53. The van der Waals surface area contributed by atoms with Crippen molar-refractivity contribution in [2.45, 2.75) is 38.4 Å². The molecule has 0 fully saturated rings.